The van der Waals surface area contributed by atoms with Gasteiger partial charge in [-0.05, 0) is 59.4 Å². The van der Waals surface area contributed by atoms with Gasteiger partial charge in [-0.25, -0.2) is 0 Å². The summed E-state index contributed by atoms with van der Waals surface area (Å²) in [4.78, 5) is 0. The number of nitrogens with one attached hydrogen (secondary N) is 1. The van der Waals surface area contributed by atoms with Crippen LogP contribution in [0.5, 0.6) is 0 Å². The molecule has 1 aliphatic heterocycles. The Hall–Kier alpha value is -0.340. The molecule has 1 aromatic rings. The second kappa shape index (κ2) is 6.62. The Bertz CT molecular complexity index is 582. The van der Waals surface area contributed by atoms with Gasteiger partial charge in [0.2, 0.25) is 0 Å². The minimum absolute atomic E-state index is 0.234. The number of nitrogens with two attached hydrogens (primary N) is 1. The van der Waals surface area contributed by atoms with Gasteiger partial charge < -0.3 is 5.73 Å². The zero-order valence-corrected chi connectivity index (χ0v) is 14.0. The summed E-state index contributed by atoms with van der Waals surface area (Å²) in [6, 6.07) is 4.92. The van der Waals surface area contributed by atoms with E-state index < -0.39 is 10.2 Å². The van der Waals surface area contributed by atoms with Gasteiger partial charge in [-0.3, -0.25) is 4.72 Å². The highest BCUT2D eigenvalue weighted by atomic mass is 79.9. The lowest BCUT2D eigenvalue weighted by molar-refractivity contribution is 0.273. The van der Waals surface area contributed by atoms with Gasteiger partial charge in [0.15, 0.2) is 0 Å². The molecule has 8 heteroatoms. The summed E-state index contributed by atoms with van der Waals surface area (Å²) in [5, 5.41) is 0.536. The Balaban J connectivity index is 2.12. The topological polar surface area (TPSA) is 75.4 Å². The van der Waals surface area contributed by atoms with Crippen LogP contribution in [0.3, 0.4) is 0 Å². The molecule has 0 aliphatic carbocycles. The van der Waals surface area contributed by atoms with Crippen molar-refractivity contribution in [3.63, 3.8) is 0 Å². The maximum Gasteiger partial charge on any atom is 0.301 e. The SMILES string of the molecule is NCC1CCCN(S(=O)(=O)Nc2ccc(Cl)c(Br)c2)C1. The van der Waals surface area contributed by atoms with Gasteiger partial charge in [0.25, 0.3) is 0 Å². The molecule has 5 nitrogen and oxygen atoms in total. The predicted molar refractivity (Wildman–Crippen MR) is 85.0 cm³/mol. The van der Waals surface area contributed by atoms with Crippen LogP contribution in [0, 0.1) is 5.92 Å². The molecule has 0 amide bonds. The number of rotatable bonds is 4. The fraction of sp³-hybridized carbons (Fsp3) is 0.500. The van der Waals surface area contributed by atoms with Gasteiger partial charge in [0, 0.05) is 17.6 Å². The molecule has 1 aromatic carbocycles. The molecule has 0 aromatic heterocycles. The van der Waals surface area contributed by atoms with Gasteiger partial charge in [0.05, 0.1) is 10.7 Å². The predicted octanol–water partition coefficient (Wildman–Crippen LogP) is 2.43. The normalized spacial score (nSPS) is 20.9. The van der Waals surface area contributed by atoms with Crippen LogP contribution in [-0.4, -0.2) is 32.4 Å². The van der Waals surface area contributed by atoms with Crippen LogP contribution in [-0.2, 0) is 10.2 Å². The summed E-state index contributed by atoms with van der Waals surface area (Å²) in [5.74, 6) is 0.234. The van der Waals surface area contributed by atoms with E-state index in [9.17, 15) is 8.42 Å². The first-order valence-corrected chi connectivity index (χ1v) is 8.96. The highest BCUT2D eigenvalue weighted by molar-refractivity contribution is 9.10. The molecule has 1 unspecified atom stereocenters. The first-order chi connectivity index (χ1) is 9.42. The Morgan fingerprint density at radius 3 is 2.90 bits per heavy atom. The van der Waals surface area contributed by atoms with E-state index in [-0.39, 0.29) is 5.92 Å². The standard InChI is InChI=1S/C12H17BrClN3O2S/c13-11-6-10(3-4-12(11)14)16-20(18,19)17-5-1-2-9(7-15)8-17/h3-4,6,9,16H,1-2,5,7-8,15H2. The summed E-state index contributed by atoms with van der Waals surface area (Å²) in [5.41, 5.74) is 6.12. The summed E-state index contributed by atoms with van der Waals surface area (Å²) in [6.45, 7) is 1.51. The van der Waals surface area contributed by atoms with Crippen molar-refractivity contribution in [2.45, 2.75) is 12.8 Å². The van der Waals surface area contributed by atoms with Crippen LogP contribution in [0.25, 0.3) is 0 Å². The first-order valence-electron chi connectivity index (χ1n) is 6.35. The van der Waals surface area contributed by atoms with Crippen molar-refractivity contribution in [1.82, 2.24) is 4.31 Å². The maximum absolute atomic E-state index is 12.3. The molecule has 1 aliphatic rings. The molecule has 3 N–H and O–H groups in total. The molecule has 1 atom stereocenters. The van der Waals surface area contributed by atoms with Gasteiger partial charge in [-0.15, -0.1) is 0 Å². The molecular weight excluding hydrogens is 366 g/mol. The summed E-state index contributed by atoms with van der Waals surface area (Å²) in [6.07, 6.45) is 1.82. The van der Waals surface area contributed by atoms with Crippen molar-refractivity contribution in [3.05, 3.63) is 27.7 Å². The van der Waals surface area contributed by atoms with Crippen LogP contribution in [0.1, 0.15) is 12.8 Å². The number of nitrogens with zero attached hydrogens (tertiary/aromatic N) is 1. The van der Waals surface area contributed by atoms with Gasteiger partial charge in [0.1, 0.15) is 0 Å². The van der Waals surface area contributed by atoms with Crippen LogP contribution < -0.4 is 10.5 Å². The number of hydrogen-bond donors (Lipinski definition) is 2. The number of benzene rings is 1. The third-order valence-corrected chi connectivity index (χ3v) is 6.04. The van der Waals surface area contributed by atoms with Crippen molar-refractivity contribution < 1.29 is 8.42 Å². The molecule has 1 saturated heterocycles. The molecule has 1 heterocycles. The van der Waals surface area contributed by atoms with Crippen molar-refractivity contribution in [1.29, 1.82) is 0 Å². The zero-order valence-electron chi connectivity index (χ0n) is 10.9. The highest BCUT2D eigenvalue weighted by Gasteiger charge is 2.28. The number of halogens is 2. The van der Waals surface area contributed by atoms with Crippen molar-refractivity contribution in [2.24, 2.45) is 11.7 Å². The van der Waals surface area contributed by atoms with E-state index in [1.807, 2.05) is 0 Å². The second-order valence-corrected chi connectivity index (χ2v) is 7.77. The van der Waals surface area contributed by atoms with E-state index in [0.29, 0.717) is 34.8 Å². The monoisotopic (exact) mass is 381 g/mol. The Labute approximate surface area is 132 Å². The molecule has 0 bridgehead atoms. The average Bonchev–Trinajstić information content (AvgIpc) is 2.43. The Morgan fingerprint density at radius 2 is 2.25 bits per heavy atom. The summed E-state index contributed by atoms with van der Waals surface area (Å²) < 4.78 is 29.4. The van der Waals surface area contributed by atoms with Crippen molar-refractivity contribution >= 4 is 43.4 Å². The number of piperidine rings is 1. The van der Waals surface area contributed by atoms with Crippen LogP contribution in [0.4, 0.5) is 5.69 Å². The van der Waals surface area contributed by atoms with E-state index in [1.54, 1.807) is 18.2 Å². The molecule has 0 radical (unpaired) electrons. The fourth-order valence-corrected chi connectivity index (χ4v) is 4.04. The molecule has 2 rings (SSSR count). The molecule has 112 valence electrons. The van der Waals surface area contributed by atoms with Crippen molar-refractivity contribution in [2.75, 3.05) is 24.4 Å². The lowest BCUT2D eigenvalue weighted by Crippen LogP contribution is -2.44. The largest absolute Gasteiger partial charge is 0.330 e. The summed E-state index contributed by atoms with van der Waals surface area (Å²) in [7, 11) is -3.55. The van der Waals surface area contributed by atoms with E-state index in [4.69, 9.17) is 17.3 Å². The molecule has 0 saturated carbocycles. The van der Waals surface area contributed by atoms with Gasteiger partial charge in [-0.2, -0.15) is 12.7 Å². The van der Waals surface area contributed by atoms with E-state index in [2.05, 4.69) is 20.7 Å². The summed E-state index contributed by atoms with van der Waals surface area (Å²) >= 11 is 9.16. The first kappa shape index (κ1) is 16.0. The van der Waals surface area contributed by atoms with Gasteiger partial charge in [-0.1, -0.05) is 11.6 Å². The Kier molecular flexibility index (Phi) is 5.30. The highest BCUT2D eigenvalue weighted by Crippen LogP contribution is 2.27. The lowest BCUT2D eigenvalue weighted by atomic mass is 10.0. The average molecular weight is 383 g/mol. The quantitative estimate of drug-likeness (QED) is 0.840. The lowest BCUT2D eigenvalue weighted by Gasteiger charge is -2.31. The number of hydrogen-bond acceptors (Lipinski definition) is 3. The fourth-order valence-electron chi connectivity index (χ4n) is 2.21. The molecule has 20 heavy (non-hydrogen) atoms. The third-order valence-electron chi connectivity index (χ3n) is 3.32. The Morgan fingerprint density at radius 1 is 1.50 bits per heavy atom. The van der Waals surface area contributed by atoms with Crippen molar-refractivity contribution in [3.8, 4) is 0 Å². The molecule has 0 spiro atoms. The molecular formula is C12H17BrClN3O2S. The zero-order chi connectivity index (χ0) is 14.8. The van der Waals surface area contributed by atoms with Gasteiger partial charge >= 0.3 is 10.2 Å². The minimum Gasteiger partial charge on any atom is -0.330 e. The van der Waals surface area contributed by atoms with Crippen LogP contribution >= 0.6 is 27.5 Å². The molecule has 1 fully saturated rings. The number of anilines is 1. The third kappa shape index (κ3) is 3.85. The second-order valence-electron chi connectivity index (χ2n) is 4.84. The van der Waals surface area contributed by atoms with E-state index in [1.165, 1.54) is 4.31 Å². The maximum atomic E-state index is 12.3. The van der Waals surface area contributed by atoms with Crippen LogP contribution in [0.15, 0.2) is 22.7 Å². The van der Waals surface area contributed by atoms with Crippen LogP contribution in [0.2, 0.25) is 5.02 Å². The minimum atomic E-state index is -3.55. The smallest absolute Gasteiger partial charge is 0.301 e. The van der Waals surface area contributed by atoms with E-state index in [0.717, 1.165) is 12.8 Å². The van der Waals surface area contributed by atoms with E-state index >= 15 is 0 Å².